The highest BCUT2D eigenvalue weighted by atomic mass is 14.8. The summed E-state index contributed by atoms with van der Waals surface area (Å²) >= 11 is 0. The molecular formula is C24H42BN. The molecule has 0 aromatic heterocycles. The maximum atomic E-state index is 6.38. The summed E-state index contributed by atoms with van der Waals surface area (Å²) in [6.07, 6.45) is 18.5. The molecule has 0 spiro atoms. The van der Waals surface area contributed by atoms with Gasteiger partial charge in [-0.05, 0) is 36.5 Å². The van der Waals surface area contributed by atoms with Gasteiger partial charge >= 0.3 is 0 Å². The van der Waals surface area contributed by atoms with E-state index in [2.05, 4.69) is 45.3 Å². The van der Waals surface area contributed by atoms with E-state index in [0.29, 0.717) is 0 Å². The first-order valence-electron chi connectivity index (χ1n) is 10.6. The molecular weight excluding hydrogens is 313 g/mol. The van der Waals surface area contributed by atoms with Gasteiger partial charge in [-0.2, -0.15) is 0 Å². The first kappa shape index (κ1) is 25.0. The second-order valence-corrected chi connectivity index (χ2v) is 7.67. The number of allylic oxidation sites excluding steroid dienone is 4. The lowest BCUT2D eigenvalue weighted by Crippen LogP contribution is -2.24. The highest BCUT2D eigenvalue weighted by Gasteiger charge is 2.29. The van der Waals surface area contributed by atoms with E-state index in [1.165, 1.54) is 75.4 Å². The summed E-state index contributed by atoms with van der Waals surface area (Å²) in [5.74, 6) is 0. The van der Waals surface area contributed by atoms with Crippen molar-refractivity contribution < 1.29 is 0 Å². The second-order valence-electron chi connectivity index (χ2n) is 7.67. The first-order chi connectivity index (χ1) is 12.5. The van der Waals surface area contributed by atoms with Crippen LogP contribution >= 0.6 is 0 Å². The zero-order valence-electron chi connectivity index (χ0n) is 18.0. The van der Waals surface area contributed by atoms with Gasteiger partial charge in [-0.1, -0.05) is 109 Å². The van der Waals surface area contributed by atoms with Gasteiger partial charge < -0.3 is 5.32 Å². The number of rotatable bonds is 16. The largest absolute Gasteiger partial charge is 0.316 e. The second kappa shape index (κ2) is 15.1. The molecule has 0 saturated heterocycles. The van der Waals surface area contributed by atoms with Gasteiger partial charge in [0, 0.05) is 6.54 Å². The van der Waals surface area contributed by atoms with Crippen LogP contribution in [0.2, 0.25) is 0 Å². The number of likely N-dealkylation sites (N-methyl/N-ethyl adjacent to an activating group) is 1. The van der Waals surface area contributed by atoms with Crippen LogP contribution in [0.15, 0.2) is 48.0 Å². The van der Waals surface area contributed by atoms with Gasteiger partial charge in [0.2, 0.25) is 0 Å². The molecule has 0 rings (SSSR count). The van der Waals surface area contributed by atoms with Crippen molar-refractivity contribution in [3.05, 3.63) is 48.0 Å². The van der Waals surface area contributed by atoms with Crippen molar-refractivity contribution in [1.82, 2.24) is 5.32 Å². The van der Waals surface area contributed by atoms with E-state index in [1.807, 2.05) is 13.1 Å². The van der Waals surface area contributed by atoms with Crippen molar-refractivity contribution >= 4 is 7.85 Å². The van der Waals surface area contributed by atoms with Crippen LogP contribution in [0.3, 0.4) is 0 Å². The Morgan fingerprint density at radius 1 is 0.962 bits per heavy atom. The molecule has 0 bridgehead atoms. The Morgan fingerprint density at radius 3 is 1.88 bits per heavy atom. The Balaban J connectivity index is 5.69. The van der Waals surface area contributed by atoms with E-state index < -0.39 is 0 Å². The third kappa shape index (κ3) is 9.08. The molecule has 2 radical (unpaired) electrons. The maximum absolute atomic E-state index is 6.38. The fraction of sp³-hybridized carbons (Fsp3) is 0.667. The van der Waals surface area contributed by atoms with Crippen LogP contribution in [0.25, 0.3) is 0 Å². The SMILES string of the molecule is [B]C(=C/C=C)/C(CNC)=C(\C=C)C(C)(CCCCCC)CCCCCC. The third-order valence-corrected chi connectivity index (χ3v) is 5.34. The highest BCUT2D eigenvalue weighted by Crippen LogP contribution is 2.41. The predicted octanol–water partition coefficient (Wildman–Crippen LogP) is 6.87. The van der Waals surface area contributed by atoms with Crippen molar-refractivity contribution in [3.8, 4) is 0 Å². The van der Waals surface area contributed by atoms with Crippen molar-refractivity contribution in [3.63, 3.8) is 0 Å². The third-order valence-electron chi connectivity index (χ3n) is 5.34. The van der Waals surface area contributed by atoms with E-state index in [-0.39, 0.29) is 5.41 Å². The maximum Gasteiger partial charge on any atom is 0.114 e. The van der Waals surface area contributed by atoms with Crippen LogP contribution in [0, 0.1) is 5.41 Å². The number of hydrogen-bond acceptors (Lipinski definition) is 1. The predicted molar refractivity (Wildman–Crippen MR) is 121 cm³/mol. The van der Waals surface area contributed by atoms with E-state index in [9.17, 15) is 0 Å². The molecule has 2 heteroatoms. The van der Waals surface area contributed by atoms with Crippen molar-refractivity contribution in [2.24, 2.45) is 5.41 Å². The standard InChI is InChI=1S/C24H42BN/c1-7-11-13-15-18-24(5,19-16-14-12-8-2)22(10-4)21(20-26-6)23(25)17-9-3/h9-10,17,26H,3-4,7-8,11-16,18-20H2,1-2,5-6H3/b22-21+,23-17+. The summed E-state index contributed by atoms with van der Waals surface area (Å²) in [4.78, 5) is 0. The van der Waals surface area contributed by atoms with Gasteiger partial charge in [0.05, 0.1) is 0 Å². The van der Waals surface area contributed by atoms with E-state index in [0.717, 1.165) is 12.0 Å². The summed E-state index contributed by atoms with van der Waals surface area (Å²) in [6.45, 7) is 15.7. The minimum atomic E-state index is 0.134. The van der Waals surface area contributed by atoms with Gasteiger partial charge in [0.15, 0.2) is 0 Å². The Hall–Kier alpha value is -1.02. The molecule has 0 atom stereocenters. The van der Waals surface area contributed by atoms with Crippen LogP contribution in [0.1, 0.15) is 85.0 Å². The van der Waals surface area contributed by atoms with Crippen molar-refractivity contribution in [1.29, 1.82) is 0 Å². The van der Waals surface area contributed by atoms with Gasteiger partial charge in [0.25, 0.3) is 0 Å². The zero-order chi connectivity index (χ0) is 19.8. The molecule has 0 amide bonds. The van der Waals surface area contributed by atoms with E-state index >= 15 is 0 Å². The molecule has 0 saturated carbocycles. The van der Waals surface area contributed by atoms with Crippen LogP contribution in [0.4, 0.5) is 0 Å². The van der Waals surface area contributed by atoms with Crippen LogP contribution < -0.4 is 5.32 Å². The Kier molecular flexibility index (Phi) is 14.5. The lowest BCUT2D eigenvalue weighted by molar-refractivity contribution is 0.312. The summed E-state index contributed by atoms with van der Waals surface area (Å²) < 4.78 is 0. The summed E-state index contributed by atoms with van der Waals surface area (Å²) in [6, 6.07) is 0. The average molecular weight is 355 g/mol. The Morgan fingerprint density at radius 2 is 1.50 bits per heavy atom. The summed E-state index contributed by atoms with van der Waals surface area (Å²) in [7, 11) is 8.36. The van der Waals surface area contributed by atoms with Crippen LogP contribution in [-0.2, 0) is 0 Å². The zero-order valence-corrected chi connectivity index (χ0v) is 18.0. The molecule has 1 nitrogen and oxygen atoms in total. The molecule has 0 heterocycles. The molecule has 0 aliphatic rings. The fourth-order valence-electron chi connectivity index (χ4n) is 3.77. The lowest BCUT2D eigenvalue weighted by Gasteiger charge is -2.34. The molecule has 146 valence electrons. The molecule has 0 aromatic rings. The van der Waals surface area contributed by atoms with Gasteiger partial charge in [-0.3, -0.25) is 0 Å². The molecule has 0 aliphatic carbocycles. The van der Waals surface area contributed by atoms with E-state index in [1.54, 1.807) is 6.08 Å². The van der Waals surface area contributed by atoms with Gasteiger partial charge in [-0.25, -0.2) is 0 Å². The molecule has 0 fully saturated rings. The normalized spacial score (nSPS) is 13.5. The highest BCUT2D eigenvalue weighted by molar-refractivity contribution is 6.24. The Bertz CT molecular complexity index is 447. The molecule has 26 heavy (non-hydrogen) atoms. The monoisotopic (exact) mass is 355 g/mol. The van der Waals surface area contributed by atoms with Crippen LogP contribution in [0.5, 0.6) is 0 Å². The topological polar surface area (TPSA) is 12.0 Å². The number of unbranched alkanes of at least 4 members (excludes halogenated alkanes) is 6. The van der Waals surface area contributed by atoms with Gasteiger partial charge in [-0.15, -0.1) is 0 Å². The fourth-order valence-corrected chi connectivity index (χ4v) is 3.77. The molecule has 0 unspecified atom stereocenters. The number of nitrogens with one attached hydrogen (secondary N) is 1. The molecule has 0 aliphatic heterocycles. The minimum Gasteiger partial charge on any atom is -0.316 e. The van der Waals surface area contributed by atoms with Crippen molar-refractivity contribution in [2.75, 3.05) is 13.6 Å². The number of hydrogen-bond donors (Lipinski definition) is 1. The summed E-state index contributed by atoms with van der Waals surface area (Å²) in [5, 5.41) is 3.29. The molecule has 1 N–H and O–H groups in total. The Labute approximate surface area is 165 Å². The smallest absolute Gasteiger partial charge is 0.114 e. The summed E-state index contributed by atoms with van der Waals surface area (Å²) in [5.41, 5.74) is 3.43. The van der Waals surface area contributed by atoms with Crippen molar-refractivity contribution in [2.45, 2.75) is 85.0 Å². The van der Waals surface area contributed by atoms with Crippen LogP contribution in [-0.4, -0.2) is 21.4 Å². The van der Waals surface area contributed by atoms with E-state index in [4.69, 9.17) is 7.85 Å². The quantitative estimate of drug-likeness (QED) is 0.181. The minimum absolute atomic E-state index is 0.134. The van der Waals surface area contributed by atoms with Gasteiger partial charge in [0.1, 0.15) is 7.85 Å². The molecule has 0 aromatic carbocycles. The lowest BCUT2D eigenvalue weighted by atomic mass is 9.69. The average Bonchev–Trinajstić information content (AvgIpc) is 2.62. The first-order valence-corrected chi connectivity index (χ1v) is 10.6.